The van der Waals surface area contributed by atoms with Gasteiger partial charge in [-0.05, 0) is 19.3 Å². The number of rotatable bonds is 4. The third-order valence-electron chi connectivity index (χ3n) is 3.07. The van der Waals surface area contributed by atoms with Crippen LogP contribution >= 0.6 is 0 Å². The van der Waals surface area contributed by atoms with Crippen molar-refractivity contribution in [1.29, 1.82) is 0 Å². The molecule has 0 aromatic heterocycles. The Labute approximate surface area is 88.2 Å². The maximum atomic E-state index is 10.7. The number of urea groups is 2. The second kappa shape index (κ2) is 3.60. The molecule has 2 aliphatic heterocycles. The zero-order valence-electron chi connectivity index (χ0n) is 8.56. The normalized spacial score (nSPS) is 27.7. The molecule has 4 amide bonds. The van der Waals surface area contributed by atoms with E-state index in [-0.39, 0.29) is 12.1 Å². The summed E-state index contributed by atoms with van der Waals surface area (Å²) in [5.41, 5.74) is 10.2. The molecule has 0 radical (unpaired) electrons. The fraction of sp³-hybridized carbons (Fsp3) is 0.778. The Kier molecular flexibility index (Phi) is 2.42. The van der Waals surface area contributed by atoms with Gasteiger partial charge in [0.25, 0.3) is 0 Å². The molecule has 0 aliphatic carbocycles. The van der Waals surface area contributed by atoms with Crippen molar-refractivity contribution in [1.82, 2.24) is 9.80 Å². The summed E-state index contributed by atoms with van der Waals surface area (Å²) < 4.78 is 0. The Hall–Kier alpha value is -1.46. The standard InChI is InChI=1S/C9H16N4O2/c10-8(14)12-4-6(12)2-1-3-7-5-13(7)9(11)15/h6-7H,1-5H2,(H2,10,14)(H2,11,15). The fourth-order valence-electron chi connectivity index (χ4n) is 1.98. The van der Waals surface area contributed by atoms with E-state index < -0.39 is 0 Å². The molecular weight excluding hydrogens is 196 g/mol. The molecule has 2 unspecified atom stereocenters. The predicted octanol–water partition coefficient (Wildman–Crippen LogP) is -0.318. The number of hydrogen-bond donors (Lipinski definition) is 2. The lowest BCUT2D eigenvalue weighted by atomic mass is 10.1. The van der Waals surface area contributed by atoms with Gasteiger partial charge >= 0.3 is 12.1 Å². The number of carbonyl (C=O) groups is 2. The van der Waals surface area contributed by atoms with Gasteiger partial charge in [0.15, 0.2) is 0 Å². The zero-order valence-corrected chi connectivity index (χ0v) is 8.56. The van der Waals surface area contributed by atoms with Crippen LogP contribution in [0.2, 0.25) is 0 Å². The summed E-state index contributed by atoms with van der Waals surface area (Å²) in [7, 11) is 0. The van der Waals surface area contributed by atoms with Gasteiger partial charge in [-0.15, -0.1) is 0 Å². The van der Waals surface area contributed by atoms with Crippen LogP contribution in [0.15, 0.2) is 0 Å². The highest BCUT2D eigenvalue weighted by Gasteiger charge is 2.39. The van der Waals surface area contributed by atoms with Gasteiger partial charge < -0.3 is 21.3 Å². The first-order valence-corrected chi connectivity index (χ1v) is 5.21. The maximum absolute atomic E-state index is 10.7. The first-order valence-electron chi connectivity index (χ1n) is 5.21. The first kappa shape index (κ1) is 10.1. The molecule has 0 aromatic rings. The van der Waals surface area contributed by atoms with Crippen molar-refractivity contribution in [2.24, 2.45) is 11.5 Å². The minimum atomic E-state index is -0.329. The number of hydrogen-bond acceptors (Lipinski definition) is 2. The monoisotopic (exact) mass is 212 g/mol. The summed E-state index contributed by atoms with van der Waals surface area (Å²) >= 11 is 0. The molecule has 2 rings (SSSR count). The van der Waals surface area contributed by atoms with E-state index in [0.29, 0.717) is 12.1 Å². The van der Waals surface area contributed by atoms with Crippen LogP contribution in [0, 0.1) is 0 Å². The van der Waals surface area contributed by atoms with Gasteiger partial charge in [-0.2, -0.15) is 0 Å². The number of primary amides is 2. The second-order valence-corrected chi connectivity index (χ2v) is 4.22. The Morgan fingerprint density at radius 2 is 1.40 bits per heavy atom. The van der Waals surface area contributed by atoms with Crippen LogP contribution in [0.1, 0.15) is 19.3 Å². The number of amides is 4. The molecule has 6 heteroatoms. The average molecular weight is 212 g/mol. The summed E-state index contributed by atoms with van der Waals surface area (Å²) in [6.45, 7) is 1.58. The number of nitrogens with zero attached hydrogens (tertiary/aromatic N) is 2. The third-order valence-corrected chi connectivity index (χ3v) is 3.07. The van der Waals surface area contributed by atoms with Crippen LogP contribution in [0.25, 0.3) is 0 Å². The molecule has 2 heterocycles. The van der Waals surface area contributed by atoms with E-state index in [0.717, 1.165) is 32.4 Å². The molecule has 6 nitrogen and oxygen atoms in total. The molecule has 0 spiro atoms. The Morgan fingerprint density at radius 1 is 1.00 bits per heavy atom. The van der Waals surface area contributed by atoms with Gasteiger partial charge in [-0.25, -0.2) is 9.59 Å². The summed E-state index contributed by atoms with van der Waals surface area (Å²) in [6.07, 6.45) is 2.97. The molecule has 4 N–H and O–H groups in total. The molecule has 0 aromatic carbocycles. The van der Waals surface area contributed by atoms with Crippen LogP contribution in [-0.4, -0.2) is 47.0 Å². The second-order valence-electron chi connectivity index (χ2n) is 4.22. The highest BCUT2D eigenvalue weighted by atomic mass is 16.2. The summed E-state index contributed by atoms with van der Waals surface area (Å²) in [6, 6.07) is 0.0157. The quantitative estimate of drug-likeness (QED) is 0.625. The van der Waals surface area contributed by atoms with E-state index in [1.165, 1.54) is 0 Å². The van der Waals surface area contributed by atoms with Crippen molar-refractivity contribution in [2.75, 3.05) is 13.1 Å². The van der Waals surface area contributed by atoms with Crippen LogP contribution < -0.4 is 11.5 Å². The fourth-order valence-corrected chi connectivity index (χ4v) is 1.98. The molecular formula is C9H16N4O2. The molecule has 2 atom stereocenters. The lowest BCUT2D eigenvalue weighted by molar-refractivity contribution is 0.235. The maximum Gasteiger partial charge on any atom is 0.315 e. The molecule has 2 aliphatic rings. The van der Waals surface area contributed by atoms with Crippen molar-refractivity contribution in [3.8, 4) is 0 Å². The van der Waals surface area contributed by atoms with Gasteiger partial charge in [0.2, 0.25) is 0 Å². The molecule has 15 heavy (non-hydrogen) atoms. The largest absolute Gasteiger partial charge is 0.351 e. The molecule has 2 saturated heterocycles. The van der Waals surface area contributed by atoms with Gasteiger partial charge in [-0.3, -0.25) is 0 Å². The van der Waals surface area contributed by atoms with Crippen molar-refractivity contribution in [3.05, 3.63) is 0 Å². The van der Waals surface area contributed by atoms with E-state index >= 15 is 0 Å². The molecule has 84 valence electrons. The highest BCUT2D eigenvalue weighted by Crippen LogP contribution is 2.26. The predicted molar refractivity (Wildman–Crippen MR) is 54.0 cm³/mol. The van der Waals surface area contributed by atoms with Gasteiger partial charge in [0.1, 0.15) is 0 Å². The Balaban J connectivity index is 1.54. The minimum absolute atomic E-state index is 0.329. The first-order chi connectivity index (χ1) is 7.09. The van der Waals surface area contributed by atoms with Gasteiger partial charge in [0.05, 0.1) is 12.1 Å². The van der Waals surface area contributed by atoms with Crippen LogP contribution in [-0.2, 0) is 0 Å². The van der Waals surface area contributed by atoms with Crippen molar-refractivity contribution < 1.29 is 9.59 Å². The summed E-state index contributed by atoms with van der Waals surface area (Å²) in [5.74, 6) is 0. The smallest absolute Gasteiger partial charge is 0.315 e. The van der Waals surface area contributed by atoms with E-state index in [4.69, 9.17) is 11.5 Å². The zero-order chi connectivity index (χ0) is 11.0. The minimum Gasteiger partial charge on any atom is -0.351 e. The van der Waals surface area contributed by atoms with E-state index in [2.05, 4.69) is 0 Å². The third kappa shape index (κ3) is 2.31. The van der Waals surface area contributed by atoms with Gasteiger partial charge in [0, 0.05) is 13.1 Å². The molecule has 0 bridgehead atoms. The number of carbonyl (C=O) groups excluding carboxylic acids is 2. The average Bonchev–Trinajstić information content (AvgIpc) is 2.94. The van der Waals surface area contributed by atoms with Crippen LogP contribution in [0.5, 0.6) is 0 Å². The van der Waals surface area contributed by atoms with Crippen molar-refractivity contribution >= 4 is 12.1 Å². The topological polar surface area (TPSA) is 92.2 Å². The lowest BCUT2D eigenvalue weighted by Gasteiger charge is -2.01. The summed E-state index contributed by atoms with van der Waals surface area (Å²) in [5, 5.41) is 0. The van der Waals surface area contributed by atoms with Crippen LogP contribution in [0.3, 0.4) is 0 Å². The van der Waals surface area contributed by atoms with Crippen molar-refractivity contribution in [3.63, 3.8) is 0 Å². The van der Waals surface area contributed by atoms with Crippen molar-refractivity contribution in [2.45, 2.75) is 31.3 Å². The summed E-state index contributed by atoms with van der Waals surface area (Å²) in [4.78, 5) is 24.7. The molecule has 0 saturated carbocycles. The Morgan fingerprint density at radius 3 is 1.67 bits per heavy atom. The van der Waals surface area contributed by atoms with Gasteiger partial charge in [-0.1, -0.05) is 0 Å². The molecule has 2 fully saturated rings. The van der Waals surface area contributed by atoms with E-state index in [9.17, 15) is 9.59 Å². The van der Waals surface area contributed by atoms with Crippen LogP contribution in [0.4, 0.5) is 9.59 Å². The lowest BCUT2D eigenvalue weighted by Crippen LogP contribution is -2.21. The number of nitrogens with two attached hydrogens (primary N) is 2. The highest BCUT2D eigenvalue weighted by molar-refractivity contribution is 5.75. The SMILES string of the molecule is NC(=O)N1CC1CCCC1CN1C(N)=O. The van der Waals surface area contributed by atoms with E-state index in [1.807, 2.05) is 0 Å². The Bertz CT molecular complexity index is 266. The van der Waals surface area contributed by atoms with E-state index in [1.54, 1.807) is 9.80 Å².